The zero-order valence-electron chi connectivity index (χ0n) is 16.9. The first-order chi connectivity index (χ1) is 14.5. The molecule has 30 heavy (non-hydrogen) atoms. The Bertz CT molecular complexity index is 1030. The number of thiophene rings is 1. The lowest BCUT2D eigenvalue weighted by Gasteiger charge is -2.38. The fourth-order valence-corrected chi connectivity index (χ4v) is 4.76. The molecule has 0 aliphatic carbocycles. The van der Waals surface area contributed by atoms with Crippen LogP contribution in [-0.2, 0) is 11.2 Å². The molecule has 0 N–H and O–H groups in total. The molecule has 2 aromatic heterocycles. The van der Waals surface area contributed by atoms with E-state index in [1.807, 2.05) is 25.3 Å². The summed E-state index contributed by atoms with van der Waals surface area (Å²) < 4.78 is 18.7. The normalized spacial score (nSPS) is 15.9. The predicted molar refractivity (Wildman–Crippen MR) is 113 cm³/mol. The number of benzene rings is 1. The minimum Gasteiger partial charge on any atom is -0.459 e. The topological polar surface area (TPSA) is 53.8 Å². The zero-order valence-corrected chi connectivity index (χ0v) is 17.7. The summed E-state index contributed by atoms with van der Waals surface area (Å²) >= 11 is 1.67. The zero-order chi connectivity index (χ0) is 21.3. The second-order valence-electron chi connectivity index (χ2n) is 7.59. The summed E-state index contributed by atoms with van der Waals surface area (Å²) in [6.45, 7) is 4.25. The monoisotopic (exact) mass is 426 g/mol. The van der Waals surface area contributed by atoms with Gasteiger partial charge in [-0.2, -0.15) is 0 Å². The van der Waals surface area contributed by atoms with Gasteiger partial charge in [0.2, 0.25) is 5.91 Å². The number of carbonyl (C=O) groups is 2. The molecule has 0 saturated carbocycles. The number of nitrogens with zero attached hydrogens (tertiary/aromatic N) is 2. The molecule has 1 unspecified atom stereocenters. The van der Waals surface area contributed by atoms with Crippen molar-refractivity contribution in [2.75, 3.05) is 13.1 Å². The molecule has 1 aliphatic heterocycles. The maximum absolute atomic E-state index is 13.5. The molecule has 1 atom stereocenters. The molecule has 0 bridgehead atoms. The predicted octanol–water partition coefficient (Wildman–Crippen LogP) is 4.51. The third kappa shape index (κ3) is 3.89. The molecule has 156 valence electrons. The van der Waals surface area contributed by atoms with Crippen LogP contribution >= 0.6 is 11.3 Å². The summed E-state index contributed by atoms with van der Waals surface area (Å²) in [5.74, 6) is -0.553. The Hall–Kier alpha value is -2.93. The molecular weight excluding hydrogens is 403 g/mol. The minimum absolute atomic E-state index is 0.0473. The highest BCUT2D eigenvalue weighted by atomic mass is 32.1. The number of fused-ring (bicyclic) bond motifs is 1. The number of halogens is 1. The first kappa shape index (κ1) is 20.3. The standard InChI is InChI=1S/C23H23FN2O3S/c1-15(2)26(23(28)19-4-3-12-29-19)14-21(27)25-11-9-20-18(10-13-30-20)22(25)16-5-7-17(24)8-6-16/h3-8,10,12-13,15,22H,9,11,14H2,1-2H3. The third-order valence-electron chi connectivity index (χ3n) is 5.39. The Morgan fingerprint density at radius 2 is 2.00 bits per heavy atom. The van der Waals surface area contributed by atoms with Crippen molar-refractivity contribution in [3.8, 4) is 0 Å². The summed E-state index contributed by atoms with van der Waals surface area (Å²) in [5, 5.41) is 2.02. The van der Waals surface area contributed by atoms with Crippen molar-refractivity contribution in [1.82, 2.24) is 9.80 Å². The van der Waals surface area contributed by atoms with Gasteiger partial charge in [-0.1, -0.05) is 12.1 Å². The van der Waals surface area contributed by atoms with Crippen LogP contribution in [0.25, 0.3) is 0 Å². The van der Waals surface area contributed by atoms with Crippen molar-refractivity contribution in [2.45, 2.75) is 32.4 Å². The van der Waals surface area contributed by atoms with Crippen LogP contribution < -0.4 is 0 Å². The lowest BCUT2D eigenvalue weighted by Crippen LogP contribution is -2.48. The van der Waals surface area contributed by atoms with E-state index < -0.39 is 0 Å². The molecule has 4 rings (SSSR count). The lowest BCUT2D eigenvalue weighted by atomic mass is 9.93. The lowest BCUT2D eigenvalue weighted by molar-refractivity contribution is -0.134. The maximum atomic E-state index is 13.5. The second kappa shape index (κ2) is 8.44. The Labute approximate surface area is 178 Å². The highest BCUT2D eigenvalue weighted by Crippen LogP contribution is 2.38. The van der Waals surface area contributed by atoms with Crippen molar-refractivity contribution in [3.63, 3.8) is 0 Å². The van der Waals surface area contributed by atoms with E-state index in [4.69, 9.17) is 4.42 Å². The molecule has 0 saturated heterocycles. The highest BCUT2D eigenvalue weighted by molar-refractivity contribution is 7.10. The van der Waals surface area contributed by atoms with E-state index in [9.17, 15) is 14.0 Å². The Morgan fingerprint density at radius 1 is 1.23 bits per heavy atom. The quantitative estimate of drug-likeness (QED) is 0.603. The van der Waals surface area contributed by atoms with E-state index in [1.54, 1.807) is 40.5 Å². The number of amides is 2. The molecule has 0 spiro atoms. The second-order valence-corrected chi connectivity index (χ2v) is 8.60. The van der Waals surface area contributed by atoms with Gasteiger partial charge in [0.1, 0.15) is 12.4 Å². The van der Waals surface area contributed by atoms with E-state index in [0.717, 1.165) is 17.5 Å². The van der Waals surface area contributed by atoms with Gasteiger partial charge in [-0.05, 0) is 67.1 Å². The van der Waals surface area contributed by atoms with Gasteiger partial charge in [0, 0.05) is 17.5 Å². The smallest absolute Gasteiger partial charge is 0.290 e. The van der Waals surface area contributed by atoms with Crippen LogP contribution in [0.15, 0.2) is 58.5 Å². The summed E-state index contributed by atoms with van der Waals surface area (Å²) in [5.41, 5.74) is 1.93. The number of hydrogen-bond donors (Lipinski definition) is 0. The molecule has 0 radical (unpaired) electrons. The molecule has 3 heterocycles. The molecule has 0 fully saturated rings. The van der Waals surface area contributed by atoms with E-state index in [-0.39, 0.29) is 42.0 Å². The van der Waals surface area contributed by atoms with E-state index in [0.29, 0.717) is 6.54 Å². The maximum Gasteiger partial charge on any atom is 0.290 e. The molecule has 5 nitrogen and oxygen atoms in total. The van der Waals surface area contributed by atoms with Crippen molar-refractivity contribution < 1.29 is 18.4 Å². The van der Waals surface area contributed by atoms with Crippen LogP contribution in [-0.4, -0.2) is 40.7 Å². The first-order valence-electron chi connectivity index (χ1n) is 9.91. The number of carbonyl (C=O) groups excluding carboxylic acids is 2. The van der Waals surface area contributed by atoms with Gasteiger partial charge in [0.05, 0.1) is 12.3 Å². The Morgan fingerprint density at radius 3 is 2.67 bits per heavy atom. The summed E-state index contributed by atoms with van der Waals surface area (Å²) in [6.07, 6.45) is 2.21. The van der Waals surface area contributed by atoms with Gasteiger partial charge < -0.3 is 14.2 Å². The van der Waals surface area contributed by atoms with Crippen molar-refractivity contribution >= 4 is 23.2 Å². The SMILES string of the molecule is CC(C)N(CC(=O)N1CCc2sccc2C1c1ccc(F)cc1)C(=O)c1ccco1. The van der Waals surface area contributed by atoms with Crippen LogP contribution in [0.4, 0.5) is 4.39 Å². The summed E-state index contributed by atoms with van der Waals surface area (Å²) in [6, 6.07) is 11.1. The largest absolute Gasteiger partial charge is 0.459 e. The van der Waals surface area contributed by atoms with Crippen LogP contribution in [0.1, 0.15) is 46.4 Å². The minimum atomic E-state index is -0.312. The van der Waals surface area contributed by atoms with E-state index in [1.165, 1.54) is 28.2 Å². The Kier molecular flexibility index (Phi) is 5.72. The van der Waals surface area contributed by atoms with E-state index >= 15 is 0 Å². The van der Waals surface area contributed by atoms with Crippen LogP contribution in [0.5, 0.6) is 0 Å². The molecule has 3 aromatic rings. The first-order valence-corrected chi connectivity index (χ1v) is 10.8. The van der Waals surface area contributed by atoms with Crippen LogP contribution in [0, 0.1) is 5.82 Å². The third-order valence-corrected chi connectivity index (χ3v) is 6.39. The average molecular weight is 427 g/mol. The van der Waals surface area contributed by atoms with Gasteiger partial charge in [0.25, 0.3) is 5.91 Å². The average Bonchev–Trinajstić information content (AvgIpc) is 3.43. The fraction of sp³-hybridized carbons (Fsp3) is 0.304. The molecule has 1 aliphatic rings. The fourth-order valence-electron chi connectivity index (χ4n) is 3.86. The van der Waals surface area contributed by atoms with Crippen LogP contribution in [0.3, 0.4) is 0 Å². The molecule has 2 amide bonds. The van der Waals surface area contributed by atoms with Gasteiger partial charge >= 0.3 is 0 Å². The number of furan rings is 1. The molecule has 7 heteroatoms. The summed E-state index contributed by atoms with van der Waals surface area (Å²) in [7, 11) is 0. The Balaban J connectivity index is 1.63. The van der Waals surface area contributed by atoms with Crippen LogP contribution in [0.2, 0.25) is 0 Å². The van der Waals surface area contributed by atoms with Gasteiger partial charge in [0.15, 0.2) is 5.76 Å². The van der Waals surface area contributed by atoms with Crippen molar-refractivity contribution in [3.05, 3.63) is 81.7 Å². The van der Waals surface area contributed by atoms with E-state index in [2.05, 4.69) is 0 Å². The van der Waals surface area contributed by atoms with Gasteiger partial charge in [-0.15, -0.1) is 11.3 Å². The number of rotatable bonds is 5. The highest BCUT2D eigenvalue weighted by Gasteiger charge is 2.34. The van der Waals surface area contributed by atoms with Crippen molar-refractivity contribution in [2.24, 2.45) is 0 Å². The molecular formula is C23H23FN2O3S. The molecule has 1 aromatic carbocycles. The number of hydrogen-bond acceptors (Lipinski definition) is 4. The van der Waals surface area contributed by atoms with Gasteiger partial charge in [-0.25, -0.2) is 4.39 Å². The van der Waals surface area contributed by atoms with Gasteiger partial charge in [-0.3, -0.25) is 9.59 Å². The summed E-state index contributed by atoms with van der Waals surface area (Å²) in [4.78, 5) is 30.8. The van der Waals surface area contributed by atoms with Crippen molar-refractivity contribution in [1.29, 1.82) is 0 Å².